The molecule has 0 aromatic carbocycles. The van der Waals surface area contributed by atoms with Crippen LogP contribution in [-0.4, -0.2) is 120 Å². The van der Waals surface area contributed by atoms with Gasteiger partial charge in [-0.1, -0.05) is 102 Å². The first-order valence-corrected chi connectivity index (χ1v) is 5.14. The van der Waals surface area contributed by atoms with Crippen LogP contribution in [0.2, 0.25) is 0 Å². The summed E-state index contributed by atoms with van der Waals surface area (Å²) in [4.78, 5) is 33.0. The minimum atomic E-state index is -2.00. The Morgan fingerprint density at radius 1 is 0.545 bits per heavy atom. The van der Waals surface area contributed by atoms with Crippen molar-refractivity contribution in [3.63, 3.8) is 0 Å². The molecule has 44 heavy (non-hydrogen) atoms. The fraction of sp³-hybridized carbons (Fsp3) is 0.842. The topological polar surface area (TPSA) is 525 Å². The van der Waals surface area contributed by atoms with Crippen molar-refractivity contribution in [1.82, 2.24) is 0 Å². The van der Waals surface area contributed by atoms with Gasteiger partial charge in [0.1, 0.15) is 0 Å². The molecule has 0 aliphatic rings. The van der Waals surface area contributed by atoms with Crippen molar-refractivity contribution < 1.29 is 141 Å². The summed E-state index contributed by atoms with van der Waals surface area (Å²) in [5, 5.41) is 66.8. The summed E-state index contributed by atoms with van der Waals surface area (Å²) in [6, 6.07) is 0. The van der Waals surface area contributed by atoms with Gasteiger partial charge in [-0.2, -0.15) is 9.59 Å². The number of rotatable bonds is 0. The van der Waals surface area contributed by atoms with Crippen LogP contribution >= 0.6 is 0 Å². The summed E-state index contributed by atoms with van der Waals surface area (Å²) in [5.74, 6) is 0. The van der Waals surface area contributed by atoms with E-state index in [1.807, 2.05) is 5.04 Å². The number of carbonyl (C=O) groups excluding carboxylic acids is 2. The Hall–Kier alpha value is -2.01. The Kier molecular flexibility index (Phi) is 39000. The van der Waals surface area contributed by atoms with E-state index < -0.39 is 19.1 Å². The van der Waals surface area contributed by atoms with Crippen molar-refractivity contribution in [3.8, 4) is 0 Å². The molecular formula is C19H85O24Ti-. The third-order valence-corrected chi connectivity index (χ3v) is 0. The molecule has 0 saturated heterocycles. The first kappa shape index (κ1) is 418. The number of aliphatic hydroxyl groups excluding tert-OH is 3. The van der Waals surface area contributed by atoms with Gasteiger partial charge in [-0.25, -0.2) is 10.5 Å². The van der Waals surface area contributed by atoms with E-state index in [4.69, 9.17) is 72.4 Å². The maximum atomic E-state index is 8.50. The van der Waals surface area contributed by atoms with E-state index in [0.717, 1.165) is 21.3 Å². The van der Waals surface area contributed by atoms with Crippen molar-refractivity contribution in [2.75, 3.05) is 21.3 Å². The molecule has 0 radical (unpaired) electrons. The van der Waals surface area contributed by atoms with Gasteiger partial charge in [0, 0.05) is 21.3 Å². The quantitative estimate of drug-likeness (QED) is 0.0661. The third kappa shape index (κ3) is 15100. The standard InChI is InChI=1S/2CH2O2.CO2.3CH4O.13CH4.2H2O3.7H2O.2O.Ti/c3*2-1-3;3*1-2;;;;;;;;;;;;;;2*1-3-2;;;;;;;;;;/h2*1H,(H,2,3);;3*2H,1H3;13*1H4;2*1-2H;7*1H2;;;/p-1. The van der Waals surface area contributed by atoms with Gasteiger partial charge in [0.2, 0.25) is 0 Å². The Morgan fingerprint density at radius 2 is 0.545 bits per heavy atom. The number of aliphatic hydroxyl groups is 3. The second kappa shape index (κ2) is 4110. The van der Waals surface area contributed by atoms with E-state index in [0.29, 0.717) is 0 Å². The van der Waals surface area contributed by atoms with E-state index in [2.05, 4.69) is 5.04 Å². The SMILES string of the molecule is C.C.C.C.C.C.C.C.C.C.C.C.C.CO.CO.CO.O.O.O.O.O.O.O=C=O.O=CO.O=CO.OOO.[H+].[O-]OO.[OH-].[O]=[Ti]=[O]. The molecule has 0 heterocycles. The molecule has 0 spiro atoms. The summed E-state index contributed by atoms with van der Waals surface area (Å²) in [7, 11) is 3.00. The van der Waals surface area contributed by atoms with Crippen LogP contribution in [0.4, 0.5) is 0 Å². The van der Waals surface area contributed by atoms with E-state index in [1.54, 1.807) is 0 Å². The Bertz CT molecular complexity index is 185. The van der Waals surface area contributed by atoms with Crippen molar-refractivity contribution in [2.45, 2.75) is 96.5 Å². The van der Waals surface area contributed by atoms with Gasteiger partial charge < -0.3 is 74.2 Å². The van der Waals surface area contributed by atoms with Gasteiger partial charge >= 0.3 is 33.3 Å². The van der Waals surface area contributed by atoms with E-state index in [1.165, 1.54) is 0 Å². The second-order valence-electron chi connectivity index (χ2n) is 0.534. The van der Waals surface area contributed by atoms with Gasteiger partial charge in [0.15, 0.2) is 0 Å². The van der Waals surface area contributed by atoms with Crippen LogP contribution in [0.25, 0.3) is 0 Å². The molecule has 0 amide bonds. The van der Waals surface area contributed by atoms with Gasteiger partial charge in [-0.05, 0) is 0 Å². The zero-order valence-corrected chi connectivity index (χ0v) is 17.4. The molecule has 24 nitrogen and oxygen atoms in total. The zero-order valence-electron chi connectivity index (χ0n) is 16.9. The molecule has 0 bridgehead atoms. The monoisotopic (exact) mass is 745 g/mol. The van der Waals surface area contributed by atoms with Crippen LogP contribution in [0.5, 0.6) is 0 Å². The average Bonchev–Trinajstić information content (AvgIpc) is 2.57. The van der Waals surface area contributed by atoms with Crippen molar-refractivity contribution >= 4 is 19.1 Å². The van der Waals surface area contributed by atoms with Crippen LogP contribution in [0.3, 0.4) is 0 Å². The molecule has 0 aliphatic heterocycles. The van der Waals surface area contributed by atoms with Crippen LogP contribution in [0.1, 0.15) is 98.0 Å². The molecule has 0 saturated carbocycles. The van der Waals surface area contributed by atoms with Crippen molar-refractivity contribution in [1.29, 1.82) is 0 Å². The van der Waals surface area contributed by atoms with E-state index in [9.17, 15) is 0 Å². The molecule has 0 rings (SSSR count). The van der Waals surface area contributed by atoms with Crippen LogP contribution in [0.15, 0.2) is 0 Å². The fourth-order valence-electron chi connectivity index (χ4n) is 0. The molecule has 0 aromatic rings. The summed E-state index contributed by atoms with van der Waals surface area (Å²) >= 11 is -2.00. The first-order valence-electron chi connectivity index (χ1n) is 3.86. The van der Waals surface area contributed by atoms with Gasteiger partial charge in [-0.15, -0.1) is 0 Å². The molecule has 25 heteroatoms. The maximum absolute atomic E-state index is 8.50. The van der Waals surface area contributed by atoms with Crippen molar-refractivity contribution in [3.05, 3.63) is 0 Å². The summed E-state index contributed by atoms with van der Waals surface area (Å²) in [5.41, 5.74) is 0. The fourth-order valence-corrected chi connectivity index (χ4v) is 0. The van der Waals surface area contributed by atoms with Gasteiger partial charge in [0.05, 0.1) is 0 Å². The van der Waals surface area contributed by atoms with Gasteiger partial charge in [-0.3, -0.25) is 14.8 Å². The third-order valence-electron chi connectivity index (χ3n) is 0. The second-order valence-corrected chi connectivity index (χ2v) is 0.794. The molecular weight excluding hydrogens is 660 g/mol. The minimum absolute atomic E-state index is 0. The number of hydrogen-bond donors (Lipinski definition) is 8. The van der Waals surface area contributed by atoms with E-state index >= 15 is 0 Å². The average molecular weight is 746 g/mol. The molecule has 0 aromatic heterocycles. The number of carboxylic acid groups (broad SMARTS) is 2. The molecule has 0 atom stereocenters. The molecule has 0 fully saturated rings. The van der Waals surface area contributed by atoms with Gasteiger partial charge in [0.25, 0.3) is 12.9 Å². The van der Waals surface area contributed by atoms with Crippen LogP contribution in [-0.2, 0) is 55.0 Å². The van der Waals surface area contributed by atoms with Crippen LogP contribution < -0.4 is 5.26 Å². The molecule has 0 unspecified atom stereocenters. The normalized spacial score (nSPS) is 2.14. The summed E-state index contributed by atoms with van der Waals surface area (Å²) < 4.78 is 17.0. The number of carbonyl (C=O) groups is 2. The molecule has 21 N–H and O–H groups in total. The zero-order chi connectivity index (χ0) is 22.2. The first-order chi connectivity index (χ1) is 11.5. The molecule has 310 valence electrons. The Balaban J connectivity index is -0.00000000190. The number of hydrogen-bond acceptors (Lipinski definition) is 16. The van der Waals surface area contributed by atoms with Crippen LogP contribution in [0, 0.1) is 0 Å². The van der Waals surface area contributed by atoms with E-state index in [-0.39, 0.29) is 155 Å². The Labute approximate surface area is 278 Å². The molecule has 0 aliphatic carbocycles. The predicted molar refractivity (Wildman–Crippen MR) is 170 cm³/mol. The Morgan fingerprint density at radius 3 is 0.545 bits per heavy atom. The predicted octanol–water partition coefficient (Wildman–Crippen LogP) is -0.639. The summed E-state index contributed by atoms with van der Waals surface area (Å²) in [6.07, 6.45) is 0.250. The summed E-state index contributed by atoms with van der Waals surface area (Å²) in [6.45, 7) is -0.500. The van der Waals surface area contributed by atoms with Crippen molar-refractivity contribution in [2.24, 2.45) is 0 Å².